The Morgan fingerprint density at radius 3 is 1.19 bits per heavy atom. The fourth-order valence-electron chi connectivity index (χ4n) is 1.48. The molecule has 0 N–H and O–H groups in total. The van der Waals surface area contributed by atoms with Gasteiger partial charge in [-0.2, -0.15) is 0 Å². The van der Waals surface area contributed by atoms with Crippen molar-refractivity contribution in [3.8, 4) is 0 Å². The molecule has 5 nitrogen and oxygen atoms in total. The standard InChI is InChI=1S/C10H18N2O3S/c1-9(2,3)11-7(13)8(14)12(16(11)15)10(4,5)6/h1-6H3. The van der Waals surface area contributed by atoms with E-state index in [2.05, 4.69) is 0 Å². The van der Waals surface area contributed by atoms with E-state index in [0.717, 1.165) is 8.61 Å². The van der Waals surface area contributed by atoms with Crippen molar-refractivity contribution in [1.29, 1.82) is 0 Å². The molecule has 0 aromatic carbocycles. The van der Waals surface area contributed by atoms with Gasteiger partial charge < -0.3 is 0 Å². The molecular formula is C10H18N2O3S. The van der Waals surface area contributed by atoms with Crippen LogP contribution in [0.3, 0.4) is 0 Å². The average molecular weight is 246 g/mol. The molecule has 92 valence electrons. The maximum atomic E-state index is 12.1. The molecule has 16 heavy (non-hydrogen) atoms. The molecule has 6 heteroatoms. The van der Waals surface area contributed by atoms with E-state index in [4.69, 9.17) is 0 Å². The topological polar surface area (TPSA) is 57.7 Å². The zero-order chi connectivity index (χ0) is 12.9. The Morgan fingerprint density at radius 1 is 0.812 bits per heavy atom. The first kappa shape index (κ1) is 13.2. The highest BCUT2D eigenvalue weighted by Gasteiger charge is 2.52. The van der Waals surface area contributed by atoms with Crippen LogP contribution in [0.4, 0.5) is 0 Å². The van der Waals surface area contributed by atoms with Gasteiger partial charge in [0.05, 0.1) is 11.1 Å². The van der Waals surface area contributed by atoms with Crippen molar-refractivity contribution in [2.75, 3.05) is 0 Å². The van der Waals surface area contributed by atoms with Gasteiger partial charge in [-0.05, 0) is 41.5 Å². The lowest BCUT2D eigenvalue weighted by Crippen LogP contribution is -2.46. The van der Waals surface area contributed by atoms with E-state index in [0.29, 0.717) is 0 Å². The molecule has 1 aliphatic rings. The highest BCUT2D eigenvalue weighted by molar-refractivity contribution is 7.82. The van der Waals surface area contributed by atoms with Gasteiger partial charge in [0.2, 0.25) is 11.2 Å². The van der Waals surface area contributed by atoms with Gasteiger partial charge >= 0.3 is 11.8 Å². The summed E-state index contributed by atoms with van der Waals surface area (Å²) in [5, 5.41) is 0. The molecule has 2 amide bonds. The van der Waals surface area contributed by atoms with E-state index in [-0.39, 0.29) is 0 Å². The Hall–Kier alpha value is -0.910. The molecule has 0 aromatic rings. The van der Waals surface area contributed by atoms with Crippen molar-refractivity contribution in [2.24, 2.45) is 0 Å². The summed E-state index contributed by atoms with van der Waals surface area (Å²) in [6, 6.07) is 0. The maximum Gasteiger partial charge on any atom is 0.326 e. The van der Waals surface area contributed by atoms with E-state index < -0.39 is 34.1 Å². The number of nitrogens with zero attached hydrogens (tertiary/aromatic N) is 2. The SMILES string of the molecule is CC(C)(C)N1C(=O)C(=O)N(C(C)(C)C)S1=O. The fourth-order valence-corrected chi connectivity index (χ4v) is 3.02. The monoisotopic (exact) mass is 246 g/mol. The van der Waals surface area contributed by atoms with Crippen LogP contribution in [0.25, 0.3) is 0 Å². The van der Waals surface area contributed by atoms with Crippen molar-refractivity contribution in [3.63, 3.8) is 0 Å². The molecule has 0 aliphatic carbocycles. The third-order valence-electron chi connectivity index (χ3n) is 2.08. The summed E-state index contributed by atoms with van der Waals surface area (Å²) in [5.74, 6) is -1.39. The normalized spacial score (nSPS) is 19.9. The van der Waals surface area contributed by atoms with Gasteiger partial charge in [0.15, 0.2) is 0 Å². The summed E-state index contributed by atoms with van der Waals surface area (Å²) in [4.78, 5) is 23.5. The highest BCUT2D eigenvalue weighted by Crippen LogP contribution is 2.30. The van der Waals surface area contributed by atoms with Crippen LogP contribution < -0.4 is 0 Å². The summed E-state index contributed by atoms with van der Waals surface area (Å²) in [7, 11) is 0. The van der Waals surface area contributed by atoms with Crippen molar-refractivity contribution in [3.05, 3.63) is 0 Å². The molecule has 0 aromatic heterocycles. The van der Waals surface area contributed by atoms with Gasteiger partial charge in [-0.25, -0.2) is 12.8 Å². The Bertz CT molecular complexity index is 331. The van der Waals surface area contributed by atoms with Gasteiger partial charge in [-0.1, -0.05) is 0 Å². The summed E-state index contributed by atoms with van der Waals surface area (Å²) in [6.45, 7) is 10.5. The van der Waals surface area contributed by atoms with Crippen LogP contribution in [0.1, 0.15) is 41.5 Å². The summed E-state index contributed by atoms with van der Waals surface area (Å²) in [6.07, 6.45) is 0. The fraction of sp³-hybridized carbons (Fsp3) is 0.800. The van der Waals surface area contributed by atoms with E-state index >= 15 is 0 Å². The van der Waals surface area contributed by atoms with Crippen LogP contribution in [0.5, 0.6) is 0 Å². The summed E-state index contributed by atoms with van der Waals surface area (Å²) < 4.78 is 14.4. The largest absolute Gasteiger partial charge is 0.326 e. The molecule has 1 aliphatic heterocycles. The summed E-state index contributed by atoms with van der Waals surface area (Å²) >= 11 is -1.73. The van der Waals surface area contributed by atoms with Gasteiger partial charge in [-0.3, -0.25) is 9.59 Å². The quantitative estimate of drug-likeness (QED) is 0.595. The molecule has 0 atom stereocenters. The third-order valence-corrected chi connectivity index (χ3v) is 4.13. The van der Waals surface area contributed by atoms with Crippen molar-refractivity contribution in [2.45, 2.75) is 52.6 Å². The Labute approximate surface area is 98.5 Å². The van der Waals surface area contributed by atoms with Gasteiger partial charge in [0.25, 0.3) is 0 Å². The Kier molecular flexibility index (Phi) is 2.92. The van der Waals surface area contributed by atoms with E-state index in [1.807, 2.05) is 0 Å². The number of amides is 2. The summed E-state index contributed by atoms with van der Waals surface area (Å²) in [5.41, 5.74) is -1.25. The van der Waals surface area contributed by atoms with Gasteiger partial charge in [-0.15, -0.1) is 0 Å². The maximum absolute atomic E-state index is 12.1. The number of hydrogen-bond acceptors (Lipinski definition) is 3. The lowest BCUT2D eigenvalue weighted by molar-refractivity contribution is -0.146. The molecule has 1 heterocycles. The van der Waals surface area contributed by atoms with Gasteiger partial charge in [0, 0.05) is 0 Å². The lowest BCUT2D eigenvalue weighted by Gasteiger charge is -2.32. The number of rotatable bonds is 0. The Balaban J connectivity index is 3.20. The second-order valence-corrected chi connectivity index (χ2v) is 6.96. The zero-order valence-electron chi connectivity index (χ0n) is 10.5. The molecular weight excluding hydrogens is 228 g/mol. The molecule has 0 spiro atoms. The molecule has 1 saturated heterocycles. The van der Waals surface area contributed by atoms with Crippen molar-refractivity contribution >= 4 is 23.0 Å². The first-order chi connectivity index (χ1) is 6.98. The number of hydrogen-bond donors (Lipinski definition) is 0. The van der Waals surface area contributed by atoms with Crippen LogP contribution in [0.15, 0.2) is 0 Å². The highest BCUT2D eigenvalue weighted by atomic mass is 32.2. The second kappa shape index (κ2) is 3.55. The average Bonchev–Trinajstić information content (AvgIpc) is 2.19. The molecule has 1 rings (SSSR count). The molecule has 1 fully saturated rings. The van der Waals surface area contributed by atoms with Crippen molar-refractivity contribution in [1.82, 2.24) is 8.61 Å². The lowest BCUT2D eigenvalue weighted by atomic mass is 10.1. The van der Waals surface area contributed by atoms with Crippen LogP contribution in [0, 0.1) is 0 Å². The first-order valence-electron chi connectivity index (χ1n) is 5.08. The minimum absolute atomic E-state index is 0.627. The zero-order valence-corrected chi connectivity index (χ0v) is 11.3. The number of carbonyl (C=O) groups excluding carboxylic acids is 2. The minimum atomic E-state index is -1.73. The minimum Gasteiger partial charge on any atom is -0.262 e. The molecule has 0 unspecified atom stereocenters. The van der Waals surface area contributed by atoms with Crippen LogP contribution >= 0.6 is 0 Å². The third kappa shape index (κ3) is 1.98. The Morgan fingerprint density at radius 2 is 1.06 bits per heavy atom. The van der Waals surface area contributed by atoms with E-state index in [1.54, 1.807) is 41.5 Å². The van der Waals surface area contributed by atoms with E-state index in [1.165, 1.54) is 0 Å². The van der Waals surface area contributed by atoms with Crippen LogP contribution in [0.2, 0.25) is 0 Å². The predicted octanol–water partition coefficient (Wildman–Crippen LogP) is 0.833. The number of carbonyl (C=O) groups is 2. The predicted molar refractivity (Wildman–Crippen MR) is 61.3 cm³/mol. The van der Waals surface area contributed by atoms with Crippen LogP contribution in [-0.2, 0) is 20.8 Å². The van der Waals surface area contributed by atoms with Crippen LogP contribution in [-0.4, -0.2) is 35.7 Å². The van der Waals surface area contributed by atoms with E-state index in [9.17, 15) is 13.8 Å². The molecule has 0 radical (unpaired) electrons. The molecule has 0 bridgehead atoms. The second-order valence-electron chi connectivity index (χ2n) is 5.77. The molecule has 0 saturated carbocycles. The van der Waals surface area contributed by atoms with Gasteiger partial charge in [0.1, 0.15) is 0 Å². The first-order valence-corrected chi connectivity index (χ1v) is 6.15. The van der Waals surface area contributed by atoms with Crippen molar-refractivity contribution < 1.29 is 13.8 Å². The smallest absolute Gasteiger partial charge is 0.262 e.